The van der Waals surface area contributed by atoms with Crippen molar-refractivity contribution in [1.82, 2.24) is 5.32 Å². The summed E-state index contributed by atoms with van der Waals surface area (Å²) >= 11 is 0. The fourth-order valence-corrected chi connectivity index (χ4v) is 2.54. The van der Waals surface area contributed by atoms with Crippen molar-refractivity contribution in [1.29, 1.82) is 0 Å². The Hall–Kier alpha value is -2.37. The Labute approximate surface area is 135 Å². The predicted octanol–water partition coefficient (Wildman–Crippen LogP) is 1.82. The summed E-state index contributed by atoms with van der Waals surface area (Å²) in [5.41, 5.74) is 1.29. The van der Waals surface area contributed by atoms with Gasteiger partial charge in [0.2, 0.25) is 0 Å². The molecule has 1 fully saturated rings. The quantitative estimate of drug-likeness (QED) is 0.809. The van der Waals surface area contributed by atoms with E-state index in [9.17, 15) is 14.4 Å². The molecule has 1 amide bonds. The van der Waals surface area contributed by atoms with Crippen molar-refractivity contribution in [2.75, 3.05) is 13.7 Å². The molecule has 1 N–H and O–H groups in total. The van der Waals surface area contributed by atoms with E-state index in [1.165, 1.54) is 7.11 Å². The van der Waals surface area contributed by atoms with Crippen LogP contribution in [0.4, 0.5) is 0 Å². The molecule has 0 saturated heterocycles. The van der Waals surface area contributed by atoms with E-state index >= 15 is 0 Å². The van der Waals surface area contributed by atoms with E-state index in [2.05, 4.69) is 10.1 Å². The van der Waals surface area contributed by atoms with Crippen LogP contribution in [-0.4, -0.2) is 31.6 Å². The third kappa shape index (κ3) is 5.09. The Morgan fingerprint density at radius 3 is 2.39 bits per heavy atom. The van der Waals surface area contributed by atoms with Crippen molar-refractivity contribution in [2.24, 2.45) is 5.92 Å². The lowest BCUT2D eigenvalue weighted by Gasteiger charge is -2.10. The Morgan fingerprint density at radius 2 is 1.78 bits per heavy atom. The van der Waals surface area contributed by atoms with Crippen LogP contribution < -0.4 is 5.32 Å². The van der Waals surface area contributed by atoms with E-state index in [0.29, 0.717) is 12.1 Å². The summed E-state index contributed by atoms with van der Waals surface area (Å²) in [6.45, 7) is 0.0524. The van der Waals surface area contributed by atoms with Gasteiger partial charge in [-0.05, 0) is 30.5 Å². The predicted molar refractivity (Wildman–Crippen MR) is 82.5 cm³/mol. The molecule has 1 aromatic rings. The third-order valence-electron chi connectivity index (χ3n) is 3.90. The molecule has 6 heteroatoms. The molecule has 2 rings (SSSR count). The molecule has 0 spiro atoms. The van der Waals surface area contributed by atoms with Crippen LogP contribution in [0.3, 0.4) is 0 Å². The second-order valence-corrected chi connectivity index (χ2v) is 5.55. The second kappa shape index (κ2) is 8.31. The molecule has 0 atom stereocenters. The number of carbonyl (C=O) groups excluding carboxylic acids is 3. The third-order valence-corrected chi connectivity index (χ3v) is 3.90. The highest BCUT2D eigenvalue weighted by Gasteiger charge is 2.24. The van der Waals surface area contributed by atoms with E-state index in [1.54, 1.807) is 24.3 Å². The highest BCUT2D eigenvalue weighted by Crippen LogP contribution is 2.25. The van der Waals surface area contributed by atoms with Crippen LogP contribution in [0.15, 0.2) is 24.3 Å². The number of carbonyl (C=O) groups is 3. The first-order valence-electron chi connectivity index (χ1n) is 7.70. The molecule has 124 valence electrons. The van der Waals surface area contributed by atoms with Crippen LogP contribution in [0.25, 0.3) is 0 Å². The molecule has 1 aliphatic carbocycles. The summed E-state index contributed by atoms with van der Waals surface area (Å²) in [5.74, 6) is -1.07. The first-order chi connectivity index (χ1) is 11.1. The molecular formula is C17H21NO5. The van der Waals surface area contributed by atoms with Gasteiger partial charge in [0.25, 0.3) is 5.91 Å². The van der Waals surface area contributed by atoms with Gasteiger partial charge in [-0.2, -0.15) is 0 Å². The summed E-state index contributed by atoms with van der Waals surface area (Å²) in [7, 11) is 1.32. The fourth-order valence-electron chi connectivity index (χ4n) is 2.54. The molecule has 1 saturated carbocycles. The normalized spacial score (nSPS) is 14.3. The van der Waals surface area contributed by atoms with Crippen LogP contribution in [0.5, 0.6) is 0 Å². The summed E-state index contributed by atoms with van der Waals surface area (Å²) in [4.78, 5) is 34.7. The van der Waals surface area contributed by atoms with Crippen LogP contribution in [-0.2, 0) is 25.6 Å². The standard InChI is InChI=1S/C17H21NO5/c1-22-16(20)14-8-6-12(7-9-14)10-18-15(19)11-23-17(21)13-4-2-3-5-13/h6-9,13H,2-5,10-11H2,1H3,(H,18,19). The summed E-state index contributed by atoms with van der Waals surface area (Å²) in [6.07, 6.45) is 3.81. The van der Waals surface area contributed by atoms with Gasteiger partial charge in [0.1, 0.15) is 0 Å². The fraction of sp³-hybridized carbons (Fsp3) is 0.471. The van der Waals surface area contributed by atoms with Gasteiger partial charge >= 0.3 is 11.9 Å². The van der Waals surface area contributed by atoms with Gasteiger partial charge in [0.05, 0.1) is 18.6 Å². The molecular weight excluding hydrogens is 298 g/mol. The minimum absolute atomic E-state index is 0.0475. The van der Waals surface area contributed by atoms with Gasteiger partial charge in [-0.1, -0.05) is 25.0 Å². The zero-order valence-electron chi connectivity index (χ0n) is 13.2. The number of rotatable bonds is 6. The van der Waals surface area contributed by atoms with Crippen molar-refractivity contribution in [3.8, 4) is 0 Å². The maximum Gasteiger partial charge on any atom is 0.337 e. The first kappa shape index (κ1) is 17.0. The number of hydrogen-bond donors (Lipinski definition) is 1. The van der Waals surface area contributed by atoms with E-state index < -0.39 is 5.97 Å². The van der Waals surface area contributed by atoms with Gasteiger partial charge in [-0.15, -0.1) is 0 Å². The summed E-state index contributed by atoms with van der Waals surface area (Å²) in [5, 5.41) is 2.68. The molecule has 0 heterocycles. The first-order valence-corrected chi connectivity index (χ1v) is 7.70. The van der Waals surface area contributed by atoms with E-state index in [4.69, 9.17) is 4.74 Å². The zero-order chi connectivity index (χ0) is 16.7. The lowest BCUT2D eigenvalue weighted by Crippen LogP contribution is -2.29. The van der Waals surface area contributed by atoms with Crippen LogP contribution in [0.1, 0.15) is 41.6 Å². The molecule has 0 radical (unpaired) electrons. The van der Waals surface area contributed by atoms with Gasteiger partial charge in [0, 0.05) is 6.54 Å². The average molecular weight is 319 g/mol. The van der Waals surface area contributed by atoms with Crippen molar-refractivity contribution in [2.45, 2.75) is 32.2 Å². The Morgan fingerprint density at radius 1 is 1.13 bits per heavy atom. The smallest absolute Gasteiger partial charge is 0.337 e. The average Bonchev–Trinajstić information content (AvgIpc) is 3.12. The molecule has 23 heavy (non-hydrogen) atoms. The minimum atomic E-state index is -0.403. The Balaban J connectivity index is 1.71. The summed E-state index contributed by atoms with van der Waals surface area (Å²) in [6, 6.07) is 6.73. The SMILES string of the molecule is COC(=O)c1ccc(CNC(=O)COC(=O)C2CCCC2)cc1. The topological polar surface area (TPSA) is 81.7 Å². The minimum Gasteiger partial charge on any atom is -0.465 e. The number of hydrogen-bond acceptors (Lipinski definition) is 5. The highest BCUT2D eigenvalue weighted by atomic mass is 16.5. The molecule has 0 unspecified atom stereocenters. The van der Waals surface area contributed by atoms with E-state index in [0.717, 1.165) is 31.2 Å². The van der Waals surface area contributed by atoms with Crippen molar-refractivity contribution >= 4 is 17.8 Å². The molecule has 1 aliphatic rings. The van der Waals surface area contributed by atoms with Crippen LogP contribution >= 0.6 is 0 Å². The monoisotopic (exact) mass is 319 g/mol. The molecule has 6 nitrogen and oxygen atoms in total. The lowest BCUT2D eigenvalue weighted by molar-refractivity contribution is -0.152. The Bertz CT molecular complexity index is 561. The van der Waals surface area contributed by atoms with Gasteiger partial charge < -0.3 is 14.8 Å². The number of ether oxygens (including phenoxy) is 2. The summed E-state index contributed by atoms with van der Waals surface area (Å²) < 4.78 is 9.64. The van der Waals surface area contributed by atoms with E-state index in [1.807, 2.05) is 0 Å². The number of benzene rings is 1. The lowest BCUT2D eigenvalue weighted by atomic mass is 10.1. The maximum absolute atomic E-state index is 11.7. The Kier molecular flexibility index (Phi) is 6.14. The van der Waals surface area contributed by atoms with E-state index in [-0.39, 0.29) is 24.4 Å². The van der Waals surface area contributed by atoms with Gasteiger partial charge in [0.15, 0.2) is 6.61 Å². The number of nitrogens with one attached hydrogen (secondary N) is 1. The molecule has 1 aromatic carbocycles. The number of amides is 1. The molecule has 0 aromatic heterocycles. The zero-order valence-corrected chi connectivity index (χ0v) is 13.2. The molecule has 0 aliphatic heterocycles. The van der Waals surface area contributed by atoms with Crippen LogP contribution in [0.2, 0.25) is 0 Å². The van der Waals surface area contributed by atoms with Crippen molar-refractivity contribution < 1.29 is 23.9 Å². The van der Waals surface area contributed by atoms with Crippen molar-refractivity contribution in [3.05, 3.63) is 35.4 Å². The number of esters is 2. The van der Waals surface area contributed by atoms with Crippen molar-refractivity contribution in [3.63, 3.8) is 0 Å². The van der Waals surface area contributed by atoms with Crippen LogP contribution in [0, 0.1) is 5.92 Å². The highest BCUT2D eigenvalue weighted by molar-refractivity contribution is 5.89. The van der Waals surface area contributed by atoms with Gasteiger partial charge in [-0.3, -0.25) is 9.59 Å². The number of methoxy groups -OCH3 is 1. The molecule has 0 bridgehead atoms. The largest absolute Gasteiger partial charge is 0.465 e. The van der Waals surface area contributed by atoms with Gasteiger partial charge in [-0.25, -0.2) is 4.79 Å². The maximum atomic E-state index is 11.7. The second-order valence-electron chi connectivity index (χ2n) is 5.55.